The van der Waals surface area contributed by atoms with E-state index in [-0.39, 0.29) is 0 Å². The number of rotatable bonds is 7. The topological polar surface area (TPSA) is 8.17 Å². The van der Waals surface area contributed by atoms with Gasteiger partial charge >= 0.3 is 0 Å². The van der Waals surface area contributed by atoms with Gasteiger partial charge in [0.15, 0.2) is 0 Å². The van der Waals surface area contributed by atoms with E-state index in [1.54, 1.807) is 0 Å². The highest BCUT2D eigenvalue weighted by atomic mass is 15.1. The summed E-state index contributed by atoms with van der Waals surface area (Å²) in [5.41, 5.74) is 13.9. The second kappa shape index (κ2) is 15.5. The molecule has 0 bridgehead atoms. The molecule has 0 radical (unpaired) electrons. The molecule has 1 heterocycles. The molecule has 0 unspecified atom stereocenters. The minimum Gasteiger partial charge on any atom is -0.310 e. The molecule has 13 aromatic rings. The molecule has 12 aromatic carbocycles. The van der Waals surface area contributed by atoms with Crippen LogP contribution in [0.5, 0.6) is 0 Å². The average molecular weight is 839 g/mol. The number of aromatic nitrogens is 1. The van der Waals surface area contributed by atoms with Crippen molar-refractivity contribution in [3.8, 4) is 39.1 Å². The van der Waals surface area contributed by atoms with E-state index in [4.69, 9.17) is 0 Å². The lowest BCUT2D eigenvalue weighted by molar-refractivity contribution is 1.18. The summed E-state index contributed by atoms with van der Waals surface area (Å²) < 4.78 is 2.45. The normalized spacial score (nSPS) is 11.6. The molecule has 308 valence electrons. The predicted molar refractivity (Wildman–Crippen MR) is 282 cm³/mol. The van der Waals surface area contributed by atoms with Crippen LogP contribution in [-0.4, -0.2) is 4.57 Å². The van der Waals surface area contributed by atoms with Crippen molar-refractivity contribution in [2.45, 2.75) is 0 Å². The monoisotopic (exact) mass is 838 g/mol. The van der Waals surface area contributed by atoms with Gasteiger partial charge in [-0.05, 0) is 120 Å². The summed E-state index contributed by atoms with van der Waals surface area (Å²) in [5, 5.41) is 12.3. The Balaban J connectivity index is 1.09. The molecule has 66 heavy (non-hydrogen) atoms. The Morgan fingerprint density at radius 3 is 1.52 bits per heavy atom. The van der Waals surface area contributed by atoms with Gasteiger partial charge in [-0.2, -0.15) is 0 Å². The molecule has 0 saturated heterocycles. The van der Waals surface area contributed by atoms with Crippen LogP contribution < -0.4 is 4.90 Å². The fourth-order valence-electron chi connectivity index (χ4n) is 10.6. The van der Waals surface area contributed by atoms with E-state index in [0.29, 0.717) is 0 Å². The van der Waals surface area contributed by atoms with E-state index in [1.807, 2.05) is 0 Å². The van der Waals surface area contributed by atoms with Crippen molar-refractivity contribution in [2.24, 2.45) is 0 Å². The molecule has 0 aliphatic carbocycles. The van der Waals surface area contributed by atoms with Crippen LogP contribution in [0.4, 0.5) is 17.1 Å². The molecule has 13 rings (SSSR count). The van der Waals surface area contributed by atoms with Gasteiger partial charge in [0.05, 0.1) is 22.4 Å². The zero-order valence-corrected chi connectivity index (χ0v) is 36.1. The van der Waals surface area contributed by atoms with Crippen LogP contribution in [0.25, 0.3) is 104 Å². The zero-order valence-electron chi connectivity index (χ0n) is 36.1. The van der Waals surface area contributed by atoms with Crippen LogP contribution in [0, 0.1) is 0 Å². The molecule has 0 fully saturated rings. The average Bonchev–Trinajstić information content (AvgIpc) is 3.73. The van der Waals surface area contributed by atoms with Crippen molar-refractivity contribution in [3.63, 3.8) is 0 Å². The Labute approximate surface area is 383 Å². The third-order valence-corrected chi connectivity index (χ3v) is 13.6. The Bertz CT molecular complexity index is 3940. The summed E-state index contributed by atoms with van der Waals surface area (Å²) >= 11 is 0. The lowest BCUT2D eigenvalue weighted by atomic mass is 9.88. The molecule has 0 atom stereocenters. The first kappa shape index (κ1) is 37.8. The molecule has 1 aromatic heterocycles. The lowest BCUT2D eigenvalue weighted by Crippen LogP contribution is -2.11. The Kier molecular flexibility index (Phi) is 8.89. The first-order valence-corrected chi connectivity index (χ1v) is 22.8. The first-order valence-electron chi connectivity index (χ1n) is 22.8. The van der Waals surface area contributed by atoms with Crippen LogP contribution in [0.3, 0.4) is 0 Å². The summed E-state index contributed by atoms with van der Waals surface area (Å²) in [5.74, 6) is 0. The molecule has 0 aliphatic heterocycles. The van der Waals surface area contributed by atoms with E-state index >= 15 is 0 Å². The summed E-state index contributed by atoms with van der Waals surface area (Å²) in [7, 11) is 0. The van der Waals surface area contributed by atoms with Gasteiger partial charge in [0.1, 0.15) is 0 Å². The number of nitrogens with zero attached hydrogens (tertiary/aromatic N) is 2. The summed E-state index contributed by atoms with van der Waals surface area (Å²) in [6.45, 7) is 0. The Morgan fingerprint density at radius 1 is 0.258 bits per heavy atom. The third kappa shape index (κ3) is 6.11. The maximum Gasteiger partial charge on any atom is 0.0541 e. The highest BCUT2D eigenvalue weighted by molar-refractivity contribution is 6.16. The number of hydrogen-bond donors (Lipinski definition) is 0. The smallest absolute Gasteiger partial charge is 0.0541 e. The van der Waals surface area contributed by atoms with Crippen molar-refractivity contribution in [3.05, 3.63) is 255 Å². The Hall–Kier alpha value is -8.72. The fourth-order valence-corrected chi connectivity index (χ4v) is 10.6. The number of para-hydroxylation sites is 3. The SMILES string of the molecule is c1ccc(-n2c3ccccc3c3ccccc32)c(-c2ccc(N(c3ccc(-c4cccc5ccccc45)cc3)c3cccc4ccccc34)cc2-c2cc3ccccc3c3ccccc23)c1. The summed E-state index contributed by atoms with van der Waals surface area (Å²) in [6, 6.07) is 93.5. The molecular formula is C64H42N2. The molecule has 2 heteroatoms. The van der Waals surface area contributed by atoms with E-state index < -0.39 is 0 Å². The minimum atomic E-state index is 1.08. The molecule has 0 saturated carbocycles. The van der Waals surface area contributed by atoms with Crippen molar-refractivity contribution in [1.29, 1.82) is 0 Å². The quantitative estimate of drug-likeness (QED) is 0.145. The molecule has 0 N–H and O–H groups in total. The van der Waals surface area contributed by atoms with Crippen molar-refractivity contribution >= 4 is 82.0 Å². The predicted octanol–water partition coefficient (Wildman–Crippen LogP) is 17.9. The van der Waals surface area contributed by atoms with Gasteiger partial charge in [-0.25, -0.2) is 0 Å². The number of fused-ring (bicyclic) bond motifs is 8. The van der Waals surface area contributed by atoms with Crippen molar-refractivity contribution < 1.29 is 0 Å². The number of anilines is 3. The van der Waals surface area contributed by atoms with Crippen molar-refractivity contribution in [1.82, 2.24) is 4.57 Å². The minimum absolute atomic E-state index is 1.08. The molecular weight excluding hydrogens is 797 g/mol. The fraction of sp³-hybridized carbons (Fsp3) is 0. The van der Waals surface area contributed by atoms with Crippen molar-refractivity contribution in [2.75, 3.05) is 4.90 Å². The van der Waals surface area contributed by atoms with Gasteiger partial charge in [-0.3, -0.25) is 0 Å². The van der Waals surface area contributed by atoms with Crippen LogP contribution in [0.1, 0.15) is 0 Å². The second-order valence-electron chi connectivity index (χ2n) is 17.2. The lowest BCUT2D eigenvalue weighted by Gasteiger charge is -2.28. The van der Waals surface area contributed by atoms with E-state index in [2.05, 4.69) is 264 Å². The first-order chi connectivity index (χ1) is 32.8. The molecule has 0 spiro atoms. The van der Waals surface area contributed by atoms with Gasteiger partial charge < -0.3 is 9.47 Å². The van der Waals surface area contributed by atoms with Crippen LogP contribution in [0.2, 0.25) is 0 Å². The molecule has 0 amide bonds. The largest absolute Gasteiger partial charge is 0.310 e. The van der Waals surface area contributed by atoms with Gasteiger partial charge in [-0.1, -0.05) is 200 Å². The van der Waals surface area contributed by atoms with E-state index in [0.717, 1.165) is 22.7 Å². The standard InChI is InChI=1S/C64H42N2/c1-4-22-49-43(17-1)20-15-30-50(49)45-35-37-47(38-36-45)65(61-34-16-21-44-18-2-6-24-52(44)61)48-39-40-55(60(42-48)59-41-46-19-3-5-23-51(46)53-25-7-8-26-54(53)59)56-27-9-12-31-62(56)66-63-32-13-10-28-57(63)58-29-11-14-33-64(58)66/h1-42H. The van der Waals surface area contributed by atoms with Gasteiger partial charge in [0, 0.05) is 33.1 Å². The maximum absolute atomic E-state index is 2.45. The zero-order chi connectivity index (χ0) is 43.6. The van der Waals surface area contributed by atoms with Gasteiger partial charge in [-0.15, -0.1) is 0 Å². The van der Waals surface area contributed by atoms with Gasteiger partial charge in [0.2, 0.25) is 0 Å². The second-order valence-corrected chi connectivity index (χ2v) is 17.2. The Morgan fingerprint density at radius 2 is 0.773 bits per heavy atom. The third-order valence-electron chi connectivity index (χ3n) is 13.6. The summed E-state index contributed by atoms with van der Waals surface area (Å²) in [6.07, 6.45) is 0. The highest BCUT2D eigenvalue weighted by Gasteiger charge is 2.23. The summed E-state index contributed by atoms with van der Waals surface area (Å²) in [4.78, 5) is 2.45. The maximum atomic E-state index is 2.45. The van der Waals surface area contributed by atoms with E-state index in [9.17, 15) is 0 Å². The molecule has 2 nitrogen and oxygen atoms in total. The van der Waals surface area contributed by atoms with E-state index in [1.165, 1.54) is 98.3 Å². The van der Waals surface area contributed by atoms with Crippen LogP contribution in [-0.2, 0) is 0 Å². The highest BCUT2D eigenvalue weighted by Crippen LogP contribution is 2.47. The van der Waals surface area contributed by atoms with Crippen LogP contribution in [0.15, 0.2) is 255 Å². The van der Waals surface area contributed by atoms with Gasteiger partial charge in [0.25, 0.3) is 0 Å². The number of benzene rings is 12. The number of hydrogen-bond acceptors (Lipinski definition) is 1. The molecule has 0 aliphatic rings. The van der Waals surface area contributed by atoms with Crippen LogP contribution >= 0.6 is 0 Å².